The van der Waals surface area contributed by atoms with Gasteiger partial charge in [0, 0.05) is 26.2 Å². The lowest BCUT2D eigenvalue weighted by Crippen LogP contribution is -2.36. The number of rotatable bonds is 9. The molecular weight excluding hydrogens is 279 g/mol. The van der Waals surface area contributed by atoms with Gasteiger partial charge in [-0.25, -0.2) is 4.39 Å². The van der Waals surface area contributed by atoms with Gasteiger partial charge in [0.1, 0.15) is 5.75 Å². The van der Waals surface area contributed by atoms with Crippen LogP contribution in [0.3, 0.4) is 0 Å². The van der Waals surface area contributed by atoms with Gasteiger partial charge in [-0.15, -0.1) is 0 Å². The van der Waals surface area contributed by atoms with Crippen LogP contribution < -0.4 is 10.2 Å². The molecule has 0 bridgehead atoms. The van der Waals surface area contributed by atoms with E-state index in [1.807, 2.05) is 0 Å². The molecular formula is C12H16BF4O3-. The van der Waals surface area contributed by atoms with Crippen LogP contribution in [0.15, 0.2) is 18.2 Å². The lowest BCUT2D eigenvalue weighted by molar-refractivity contribution is 0.0644. The van der Waals surface area contributed by atoms with Crippen LogP contribution in [0, 0.1) is 5.82 Å². The summed E-state index contributed by atoms with van der Waals surface area (Å²) in [5.41, 5.74) is -1.24. The monoisotopic (exact) mass is 295 g/mol. The summed E-state index contributed by atoms with van der Waals surface area (Å²) in [4.78, 5) is 0. The lowest BCUT2D eigenvalue weighted by atomic mass is 9.80. The van der Waals surface area contributed by atoms with E-state index >= 15 is 0 Å². The number of hydrogen-bond acceptors (Lipinski definition) is 3. The first-order valence-electron chi connectivity index (χ1n) is 6.14. The summed E-state index contributed by atoms with van der Waals surface area (Å²) in [5, 5.41) is 0. The quantitative estimate of drug-likeness (QED) is 0.397. The van der Waals surface area contributed by atoms with Gasteiger partial charge in [-0.2, -0.15) is 0 Å². The Labute approximate surface area is 114 Å². The molecule has 0 amide bonds. The molecule has 0 aliphatic heterocycles. The van der Waals surface area contributed by atoms with Crippen LogP contribution in [0.1, 0.15) is 6.42 Å². The van der Waals surface area contributed by atoms with Gasteiger partial charge in [0.25, 0.3) is 0 Å². The first-order chi connectivity index (χ1) is 9.45. The third kappa shape index (κ3) is 5.79. The molecule has 114 valence electrons. The zero-order valence-electron chi connectivity index (χ0n) is 11.1. The predicted molar refractivity (Wildman–Crippen MR) is 67.9 cm³/mol. The molecule has 0 radical (unpaired) electrons. The Balaban J connectivity index is 2.33. The maximum Gasteiger partial charge on any atom is 0.512 e. The maximum absolute atomic E-state index is 13.2. The molecule has 0 heterocycles. The van der Waals surface area contributed by atoms with Crippen molar-refractivity contribution in [3.8, 4) is 5.75 Å². The molecule has 1 aromatic rings. The highest BCUT2D eigenvalue weighted by atomic mass is 19.4. The number of hydrogen-bond donors (Lipinski definition) is 0. The molecule has 20 heavy (non-hydrogen) atoms. The Morgan fingerprint density at radius 1 is 1.05 bits per heavy atom. The molecule has 0 atom stereocenters. The fourth-order valence-corrected chi connectivity index (χ4v) is 1.46. The van der Waals surface area contributed by atoms with E-state index < -0.39 is 18.3 Å². The SMILES string of the molecule is COCCOCCCOc1ccc([B-](F)(F)F)c(F)c1. The second kappa shape index (κ2) is 8.11. The van der Waals surface area contributed by atoms with Gasteiger partial charge in [0.2, 0.25) is 0 Å². The Morgan fingerprint density at radius 2 is 1.80 bits per heavy atom. The zero-order chi connectivity index (χ0) is 15.0. The maximum atomic E-state index is 13.2. The Morgan fingerprint density at radius 3 is 2.40 bits per heavy atom. The topological polar surface area (TPSA) is 27.7 Å². The number of methoxy groups -OCH3 is 1. The molecule has 8 heteroatoms. The van der Waals surface area contributed by atoms with E-state index in [0.717, 1.165) is 12.1 Å². The fourth-order valence-electron chi connectivity index (χ4n) is 1.46. The van der Waals surface area contributed by atoms with Crippen LogP contribution in [0.4, 0.5) is 17.3 Å². The highest BCUT2D eigenvalue weighted by Gasteiger charge is 2.28. The Bertz CT molecular complexity index is 412. The van der Waals surface area contributed by atoms with Gasteiger partial charge in [-0.3, -0.25) is 0 Å². The normalized spacial score (nSPS) is 11.7. The average molecular weight is 295 g/mol. The highest BCUT2D eigenvalue weighted by Crippen LogP contribution is 2.17. The fraction of sp³-hybridized carbons (Fsp3) is 0.500. The molecule has 0 saturated heterocycles. The van der Waals surface area contributed by atoms with Gasteiger partial charge < -0.3 is 27.2 Å². The molecule has 0 fully saturated rings. The number of benzene rings is 1. The van der Waals surface area contributed by atoms with E-state index in [4.69, 9.17) is 14.2 Å². The van der Waals surface area contributed by atoms with E-state index in [1.54, 1.807) is 7.11 Å². The summed E-state index contributed by atoms with van der Waals surface area (Å²) in [5.74, 6) is -1.24. The van der Waals surface area contributed by atoms with Gasteiger partial charge in [-0.05, 0) is 6.07 Å². The van der Waals surface area contributed by atoms with Crippen molar-refractivity contribution in [3.63, 3.8) is 0 Å². The second-order valence-corrected chi connectivity index (χ2v) is 4.07. The first-order valence-corrected chi connectivity index (χ1v) is 6.14. The van der Waals surface area contributed by atoms with Crippen molar-refractivity contribution < 1.29 is 31.5 Å². The molecule has 0 aliphatic rings. The third-order valence-electron chi connectivity index (χ3n) is 2.46. The van der Waals surface area contributed by atoms with Crippen molar-refractivity contribution in [3.05, 3.63) is 24.0 Å². The second-order valence-electron chi connectivity index (χ2n) is 4.07. The van der Waals surface area contributed by atoms with E-state index in [0.29, 0.717) is 32.3 Å². The lowest BCUT2D eigenvalue weighted by Gasteiger charge is -2.16. The van der Waals surface area contributed by atoms with E-state index in [9.17, 15) is 17.3 Å². The standard InChI is InChI=1S/C12H16BF4O3/c1-18-7-8-19-5-2-6-20-10-3-4-11(12(14)9-10)13(15,16)17/h3-4,9H,2,5-8H2,1H3/q-1. The van der Waals surface area contributed by atoms with Crippen molar-refractivity contribution in [2.45, 2.75) is 6.42 Å². The Hall–Kier alpha value is -1.28. The molecule has 1 rings (SSSR count). The summed E-state index contributed by atoms with van der Waals surface area (Å²) in [6.45, 7) is -3.70. The molecule has 0 aromatic heterocycles. The van der Waals surface area contributed by atoms with E-state index in [-0.39, 0.29) is 12.4 Å². The largest absolute Gasteiger partial charge is 0.512 e. The first kappa shape index (κ1) is 16.8. The van der Waals surface area contributed by atoms with Crippen LogP contribution in [-0.2, 0) is 9.47 Å². The molecule has 0 unspecified atom stereocenters. The third-order valence-corrected chi connectivity index (χ3v) is 2.46. The van der Waals surface area contributed by atoms with Crippen LogP contribution in [0.5, 0.6) is 5.75 Å². The van der Waals surface area contributed by atoms with Crippen molar-refractivity contribution in [1.29, 1.82) is 0 Å². The van der Waals surface area contributed by atoms with Crippen LogP contribution in [-0.4, -0.2) is 40.5 Å². The van der Waals surface area contributed by atoms with Crippen molar-refractivity contribution in [2.24, 2.45) is 0 Å². The molecule has 0 saturated carbocycles. The minimum absolute atomic E-state index is 0.0724. The smallest absolute Gasteiger partial charge is 0.493 e. The summed E-state index contributed by atoms with van der Waals surface area (Å²) in [7, 11) is 1.56. The van der Waals surface area contributed by atoms with Gasteiger partial charge in [0.15, 0.2) is 0 Å². The molecule has 0 aliphatic carbocycles. The predicted octanol–water partition coefficient (Wildman–Crippen LogP) is 2.31. The van der Waals surface area contributed by atoms with Gasteiger partial charge in [-0.1, -0.05) is 11.5 Å². The van der Waals surface area contributed by atoms with Crippen molar-refractivity contribution >= 4 is 12.4 Å². The average Bonchev–Trinajstić information content (AvgIpc) is 2.36. The molecule has 0 N–H and O–H groups in total. The van der Waals surface area contributed by atoms with Gasteiger partial charge >= 0.3 is 6.98 Å². The molecule has 0 spiro atoms. The molecule has 3 nitrogen and oxygen atoms in total. The summed E-state index contributed by atoms with van der Waals surface area (Å²) < 4.78 is 65.5. The van der Waals surface area contributed by atoms with E-state index in [2.05, 4.69) is 0 Å². The van der Waals surface area contributed by atoms with E-state index in [1.165, 1.54) is 0 Å². The highest BCUT2D eigenvalue weighted by molar-refractivity contribution is 6.73. The number of ether oxygens (including phenoxy) is 3. The number of halogens is 4. The van der Waals surface area contributed by atoms with Crippen LogP contribution >= 0.6 is 0 Å². The summed E-state index contributed by atoms with van der Waals surface area (Å²) in [6.07, 6.45) is 0.552. The zero-order valence-corrected chi connectivity index (χ0v) is 11.1. The van der Waals surface area contributed by atoms with Crippen molar-refractivity contribution in [2.75, 3.05) is 33.5 Å². The minimum Gasteiger partial charge on any atom is -0.493 e. The van der Waals surface area contributed by atoms with Gasteiger partial charge in [0.05, 0.1) is 25.6 Å². The van der Waals surface area contributed by atoms with Crippen LogP contribution in [0.25, 0.3) is 0 Å². The summed E-state index contributed by atoms with van der Waals surface area (Å²) >= 11 is 0. The molecule has 1 aromatic carbocycles. The summed E-state index contributed by atoms with van der Waals surface area (Å²) in [6, 6.07) is 2.55. The van der Waals surface area contributed by atoms with Crippen LogP contribution in [0.2, 0.25) is 0 Å². The van der Waals surface area contributed by atoms with Crippen molar-refractivity contribution in [1.82, 2.24) is 0 Å². The Kier molecular flexibility index (Phi) is 6.80. The minimum atomic E-state index is -5.34.